The molecule has 1 saturated heterocycles. The third kappa shape index (κ3) is 2.08. The average molecular weight is 283 g/mol. The van der Waals surface area contributed by atoms with Gasteiger partial charge in [0.25, 0.3) is 0 Å². The number of fused-ring (bicyclic) bond motifs is 1. The van der Waals surface area contributed by atoms with Crippen LogP contribution in [0.4, 0.5) is 5.69 Å². The predicted octanol–water partition coefficient (Wildman–Crippen LogP) is 2.50. The molecule has 4 rings (SSSR count). The molecule has 3 aromatic rings. The van der Waals surface area contributed by atoms with Crippen LogP contribution in [0.25, 0.3) is 16.7 Å². The number of aromatic nitrogens is 4. The van der Waals surface area contributed by atoms with Crippen LogP contribution in [0.2, 0.25) is 0 Å². The lowest BCUT2D eigenvalue weighted by molar-refractivity contribution is -0.0295. The van der Waals surface area contributed by atoms with Crippen LogP contribution in [0.15, 0.2) is 36.9 Å². The topological polar surface area (TPSA) is 70.9 Å². The quantitative estimate of drug-likeness (QED) is 0.733. The van der Waals surface area contributed by atoms with Crippen molar-refractivity contribution in [2.75, 3.05) is 12.3 Å². The van der Waals surface area contributed by atoms with Crippen molar-refractivity contribution in [3.63, 3.8) is 0 Å². The highest BCUT2D eigenvalue weighted by Gasteiger charge is 2.19. The summed E-state index contributed by atoms with van der Waals surface area (Å²) in [6.45, 7) is 0.804. The summed E-state index contributed by atoms with van der Waals surface area (Å²) in [5, 5.41) is 4.28. The monoisotopic (exact) mass is 283 g/mol. The molecule has 0 saturated carbocycles. The smallest absolute Gasteiger partial charge is 0.135 e. The van der Waals surface area contributed by atoms with Crippen LogP contribution < -0.4 is 5.73 Å². The van der Waals surface area contributed by atoms with Crippen molar-refractivity contribution in [2.24, 2.45) is 0 Å². The number of hydrogen-bond donors (Lipinski definition) is 1. The van der Waals surface area contributed by atoms with Gasteiger partial charge in [0.15, 0.2) is 0 Å². The highest BCUT2D eigenvalue weighted by molar-refractivity contribution is 5.87. The Hall–Kier alpha value is -2.34. The van der Waals surface area contributed by atoms with Crippen LogP contribution in [0.3, 0.4) is 0 Å². The zero-order valence-electron chi connectivity index (χ0n) is 11.6. The van der Waals surface area contributed by atoms with Crippen LogP contribution >= 0.6 is 0 Å². The van der Waals surface area contributed by atoms with Gasteiger partial charge < -0.3 is 15.0 Å². The van der Waals surface area contributed by atoms with Crippen LogP contribution in [0, 0.1) is 0 Å². The molecule has 0 bridgehead atoms. The summed E-state index contributed by atoms with van der Waals surface area (Å²) >= 11 is 0. The van der Waals surface area contributed by atoms with Crippen molar-refractivity contribution < 1.29 is 4.74 Å². The third-order valence-corrected chi connectivity index (χ3v) is 3.90. The van der Waals surface area contributed by atoms with Gasteiger partial charge in [0, 0.05) is 24.7 Å². The largest absolute Gasteiger partial charge is 0.399 e. The maximum absolute atomic E-state index is 6.07. The van der Waals surface area contributed by atoms with E-state index in [9.17, 15) is 0 Å². The van der Waals surface area contributed by atoms with Gasteiger partial charge in [-0.2, -0.15) is 5.10 Å². The first-order chi connectivity index (χ1) is 10.3. The summed E-state index contributed by atoms with van der Waals surface area (Å²) in [5.74, 6) is 0. The number of rotatable bonds is 2. The molecular weight excluding hydrogens is 266 g/mol. The van der Waals surface area contributed by atoms with Gasteiger partial charge in [0.05, 0.1) is 17.5 Å². The number of hydrogen-bond acceptors (Lipinski definition) is 4. The van der Waals surface area contributed by atoms with Crippen molar-refractivity contribution in [3.8, 4) is 5.69 Å². The Bertz CT molecular complexity index is 756. The van der Waals surface area contributed by atoms with Crippen LogP contribution in [0.5, 0.6) is 0 Å². The number of nitrogens with two attached hydrogens (primary N) is 1. The highest BCUT2D eigenvalue weighted by atomic mass is 16.5. The minimum Gasteiger partial charge on any atom is -0.399 e. The van der Waals surface area contributed by atoms with Gasteiger partial charge in [0.1, 0.15) is 11.7 Å². The zero-order valence-corrected chi connectivity index (χ0v) is 11.6. The lowest BCUT2D eigenvalue weighted by Gasteiger charge is -2.24. The molecule has 2 N–H and O–H groups in total. The summed E-state index contributed by atoms with van der Waals surface area (Å²) < 4.78 is 9.73. The van der Waals surface area contributed by atoms with Gasteiger partial charge in [0.2, 0.25) is 0 Å². The lowest BCUT2D eigenvalue weighted by atomic mass is 10.2. The van der Waals surface area contributed by atoms with Crippen LogP contribution in [-0.4, -0.2) is 25.9 Å². The summed E-state index contributed by atoms with van der Waals surface area (Å²) in [5.41, 5.74) is 9.54. The van der Waals surface area contributed by atoms with Gasteiger partial charge in [-0.25, -0.2) is 9.67 Å². The van der Waals surface area contributed by atoms with Crippen LogP contribution in [-0.2, 0) is 4.74 Å². The molecule has 0 radical (unpaired) electrons. The fourth-order valence-electron chi connectivity index (χ4n) is 2.90. The van der Waals surface area contributed by atoms with Gasteiger partial charge in [-0.3, -0.25) is 0 Å². The fraction of sp³-hybridized carbons (Fsp3) is 0.333. The van der Waals surface area contributed by atoms with Crippen molar-refractivity contribution in [2.45, 2.75) is 25.5 Å². The van der Waals surface area contributed by atoms with E-state index in [0.717, 1.165) is 36.2 Å². The molecule has 1 aliphatic rings. The van der Waals surface area contributed by atoms with E-state index in [4.69, 9.17) is 10.5 Å². The molecule has 1 unspecified atom stereocenters. The Balaban J connectivity index is 1.88. The molecular formula is C15H17N5O. The molecule has 1 atom stereocenters. The molecule has 1 aliphatic heterocycles. The Morgan fingerprint density at radius 2 is 2.24 bits per heavy atom. The minimum absolute atomic E-state index is 0.0519. The van der Waals surface area contributed by atoms with E-state index in [-0.39, 0.29) is 6.23 Å². The molecule has 0 spiro atoms. The third-order valence-electron chi connectivity index (χ3n) is 3.90. The Labute approximate surface area is 122 Å². The summed E-state index contributed by atoms with van der Waals surface area (Å²) in [6, 6.07) is 5.73. The number of benzene rings is 1. The predicted molar refractivity (Wildman–Crippen MR) is 80.1 cm³/mol. The standard InChI is InChI=1S/C15H17N5O/c16-11-8-12-15(13(9-11)20-6-3-5-18-20)17-10-19(12)14-4-1-2-7-21-14/h3,5-6,8-10,14H,1-2,4,7,16H2. The summed E-state index contributed by atoms with van der Waals surface area (Å²) in [6.07, 6.45) is 8.85. The first-order valence-corrected chi connectivity index (χ1v) is 7.20. The number of anilines is 1. The molecule has 1 aromatic carbocycles. The minimum atomic E-state index is 0.0519. The van der Waals surface area contributed by atoms with Gasteiger partial charge in [-0.05, 0) is 37.5 Å². The second-order valence-electron chi connectivity index (χ2n) is 5.33. The molecule has 21 heavy (non-hydrogen) atoms. The van der Waals surface area contributed by atoms with E-state index in [2.05, 4.69) is 14.6 Å². The number of ether oxygens (including phenoxy) is 1. The molecule has 108 valence electrons. The first kappa shape index (κ1) is 12.4. The maximum atomic E-state index is 6.07. The molecule has 6 nitrogen and oxygen atoms in total. The molecule has 6 heteroatoms. The summed E-state index contributed by atoms with van der Waals surface area (Å²) in [4.78, 5) is 4.56. The zero-order chi connectivity index (χ0) is 14.2. The molecule has 0 aliphatic carbocycles. The molecule has 3 heterocycles. The van der Waals surface area contributed by atoms with E-state index in [1.165, 1.54) is 6.42 Å². The first-order valence-electron chi connectivity index (χ1n) is 7.20. The van der Waals surface area contributed by atoms with Gasteiger partial charge in [-0.15, -0.1) is 0 Å². The van der Waals surface area contributed by atoms with E-state index in [1.807, 2.05) is 30.7 Å². The van der Waals surface area contributed by atoms with E-state index < -0.39 is 0 Å². The highest BCUT2D eigenvalue weighted by Crippen LogP contribution is 2.30. The normalized spacial score (nSPS) is 19.1. The fourth-order valence-corrected chi connectivity index (χ4v) is 2.90. The molecule has 1 fully saturated rings. The Morgan fingerprint density at radius 3 is 3.00 bits per heavy atom. The van der Waals surface area contributed by atoms with Crippen LogP contribution in [0.1, 0.15) is 25.5 Å². The van der Waals surface area contributed by atoms with Crippen molar-refractivity contribution in [3.05, 3.63) is 36.9 Å². The van der Waals surface area contributed by atoms with Crippen molar-refractivity contribution in [1.29, 1.82) is 0 Å². The number of nitrogen functional groups attached to an aromatic ring is 1. The van der Waals surface area contributed by atoms with Gasteiger partial charge >= 0.3 is 0 Å². The number of nitrogens with zero attached hydrogens (tertiary/aromatic N) is 4. The second kappa shape index (κ2) is 4.89. The van der Waals surface area contributed by atoms with Crippen molar-refractivity contribution >= 4 is 16.7 Å². The number of imidazole rings is 1. The van der Waals surface area contributed by atoms with E-state index >= 15 is 0 Å². The average Bonchev–Trinajstić information content (AvgIpc) is 3.17. The lowest BCUT2D eigenvalue weighted by Crippen LogP contribution is -2.17. The molecule has 2 aromatic heterocycles. The van der Waals surface area contributed by atoms with E-state index in [0.29, 0.717) is 5.69 Å². The van der Waals surface area contributed by atoms with Gasteiger partial charge in [-0.1, -0.05) is 0 Å². The van der Waals surface area contributed by atoms with Crippen molar-refractivity contribution in [1.82, 2.24) is 19.3 Å². The van der Waals surface area contributed by atoms with E-state index in [1.54, 1.807) is 10.9 Å². The Morgan fingerprint density at radius 1 is 1.29 bits per heavy atom. The molecule has 0 amide bonds. The Kier molecular flexibility index (Phi) is 2.89. The second-order valence-corrected chi connectivity index (χ2v) is 5.33. The SMILES string of the molecule is Nc1cc(-n2cccn2)c2ncn(C3CCCCO3)c2c1. The summed E-state index contributed by atoms with van der Waals surface area (Å²) in [7, 11) is 0. The maximum Gasteiger partial charge on any atom is 0.135 e.